The van der Waals surface area contributed by atoms with E-state index in [-0.39, 0.29) is 0 Å². The largest absolute Gasteiger partial charge is 0.497 e. The van der Waals surface area contributed by atoms with Gasteiger partial charge in [-0.3, -0.25) is 4.57 Å². The van der Waals surface area contributed by atoms with Crippen molar-refractivity contribution in [3.63, 3.8) is 0 Å². The van der Waals surface area contributed by atoms with Crippen LogP contribution in [-0.2, 0) is 0 Å². The Morgan fingerprint density at radius 2 is 1.59 bits per heavy atom. The lowest BCUT2D eigenvalue weighted by atomic mass is 10.2. The first-order valence-corrected chi connectivity index (χ1v) is 10.8. The molecule has 0 saturated carbocycles. The summed E-state index contributed by atoms with van der Waals surface area (Å²) in [4.78, 5) is 9.25. The lowest BCUT2D eigenvalue weighted by molar-refractivity contribution is 0.414. The molecular formula is C23H18ClN5OS2. The van der Waals surface area contributed by atoms with Crippen LogP contribution in [0.2, 0.25) is 5.02 Å². The Morgan fingerprint density at radius 3 is 2.28 bits per heavy atom. The number of nitrogens with one attached hydrogen (secondary N) is 2. The van der Waals surface area contributed by atoms with Gasteiger partial charge < -0.3 is 15.4 Å². The highest BCUT2D eigenvalue weighted by Gasteiger charge is 2.14. The van der Waals surface area contributed by atoms with Crippen LogP contribution in [0.15, 0.2) is 78.9 Å². The maximum Gasteiger partial charge on any atom is 0.218 e. The van der Waals surface area contributed by atoms with Crippen molar-refractivity contribution in [1.29, 1.82) is 0 Å². The molecule has 0 unspecified atom stereocenters. The van der Waals surface area contributed by atoms with Gasteiger partial charge in [0.2, 0.25) is 10.7 Å². The molecule has 0 aliphatic heterocycles. The van der Waals surface area contributed by atoms with Crippen LogP contribution in [0.3, 0.4) is 0 Å². The molecule has 4 rings (SSSR count). The molecule has 0 aliphatic rings. The smallest absolute Gasteiger partial charge is 0.218 e. The van der Waals surface area contributed by atoms with Gasteiger partial charge in [0, 0.05) is 5.56 Å². The van der Waals surface area contributed by atoms with Crippen LogP contribution in [0.5, 0.6) is 5.75 Å². The number of rotatable bonds is 5. The summed E-state index contributed by atoms with van der Waals surface area (Å²) >= 11 is 17.4. The zero-order chi connectivity index (χ0) is 22.5. The number of methoxy groups -OCH3 is 1. The molecule has 4 aromatic rings. The van der Waals surface area contributed by atoms with E-state index in [9.17, 15) is 0 Å². The molecule has 32 heavy (non-hydrogen) atoms. The minimum absolute atomic E-state index is 0.312. The summed E-state index contributed by atoms with van der Waals surface area (Å²) < 4.78 is 7.30. The number of thiocarbonyl (C=S) groups is 1. The predicted octanol–water partition coefficient (Wildman–Crippen LogP) is 6.13. The number of benzene rings is 3. The summed E-state index contributed by atoms with van der Waals surface area (Å²) in [5.41, 5.74) is 2.28. The molecule has 0 saturated heterocycles. The van der Waals surface area contributed by atoms with Crippen molar-refractivity contribution in [1.82, 2.24) is 14.5 Å². The second-order valence-corrected chi connectivity index (χ2v) is 7.79. The van der Waals surface area contributed by atoms with Crippen LogP contribution in [0.4, 0.5) is 11.6 Å². The van der Waals surface area contributed by atoms with E-state index in [4.69, 9.17) is 45.8 Å². The molecule has 0 amide bonds. The molecule has 0 aliphatic carbocycles. The standard InChI is InChI=1S/C23H18ClN5OS2/c1-30-17-13-11-16(12-14-17)29-21(28-22(31)25-19-10-6-5-9-18(19)24)26-20(27-23(29)32)15-7-3-2-4-8-15/h2-14H,1H3,(H2,25,26,27,28,31,32). The molecule has 0 spiro atoms. The van der Waals surface area contributed by atoms with Gasteiger partial charge in [-0.05, 0) is 60.8 Å². The fourth-order valence-electron chi connectivity index (χ4n) is 2.99. The monoisotopic (exact) mass is 479 g/mol. The molecule has 2 N–H and O–H groups in total. The van der Waals surface area contributed by atoms with Gasteiger partial charge in [0.15, 0.2) is 10.9 Å². The quantitative estimate of drug-likeness (QED) is 0.333. The fourth-order valence-corrected chi connectivity index (χ4v) is 3.65. The maximum atomic E-state index is 6.25. The van der Waals surface area contributed by atoms with E-state index in [2.05, 4.69) is 15.6 Å². The number of halogens is 1. The third kappa shape index (κ3) is 4.94. The van der Waals surface area contributed by atoms with Gasteiger partial charge in [0.25, 0.3) is 0 Å². The first-order valence-electron chi connectivity index (χ1n) is 9.58. The SMILES string of the molecule is COc1ccc(-n2c(NC(=S)Nc3ccccc3Cl)nc(-c3ccccc3)nc2=S)cc1. The van der Waals surface area contributed by atoms with Crippen molar-refractivity contribution in [3.05, 3.63) is 88.7 Å². The third-order valence-corrected chi connectivity index (χ3v) is 5.33. The van der Waals surface area contributed by atoms with E-state index in [1.807, 2.05) is 72.8 Å². The number of ether oxygens (including phenoxy) is 1. The molecule has 9 heteroatoms. The molecule has 6 nitrogen and oxygen atoms in total. The van der Waals surface area contributed by atoms with Gasteiger partial charge in [-0.25, -0.2) is 0 Å². The van der Waals surface area contributed by atoms with Gasteiger partial charge in [-0.2, -0.15) is 9.97 Å². The zero-order valence-corrected chi connectivity index (χ0v) is 19.3. The first kappa shape index (κ1) is 21.9. The second-order valence-electron chi connectivity index (χ2n) is 6.61. The molecule has 3 aromatic carbocycles. The highest BCUT2D eigenvalue weighted by molar-refractivity contribution is 7.80. The van der Waals surface area contributed by atoms with Crippen LogP contribution in [0, 0.1) is 4.77 Å². The number of nitrogens with zero attached hydrogens (tertiary/aromatic N) is 3. The topological polar surface area (TPSA) is 64.0 Å². The number of hydrogen-bond acceptors (Lipinski definition) is 5. The predicted molar refractivity (Wildman–Crippen MR) is 135 cm³/mol. The maximum absolute atomic E-state index is 6.25. The average molecular weight is 480 g/mol. The van der Waals surface area contributed by atoms with Crippen LogP contribution >= 0.6 is 36.0 Å². The lowest BCUT2D eigenvalue weighted by Gasteiger charge is -2.17. The molecule has 0 fully saturated rings. The lowest BCUT2D eigenvalue weighted by Crippen LogP contribution is -2.23. The average Bonchev–Trinajstić information content (AvgIpc) is 2.81. The van der Waals surface area contributed by atoms with Gasteiger partial charge in [0.05, 0.1) is 23.5 Å². The molecule has 0 radical (unpaired) electrons. The van der Waals surface area contributed by atoms with Crippen LogP contribution in [0.25, 0.3) is 17.1 Å². The number of hydrogen-bond donors (Lipinski definition) is 2. The van der Waals surface area contributed by atoms with Crippen LogP contribution in [0.1, 0.15) is 0 Å². The van der Waals surface area contributed by atoms with E-state index in [1.54, 1.807) is 17.7 Å². The molecule has 0 bridgehead atoms. The van der Waals surface area contributed by atoms with Crippen molar-refractivity contribution in [2.75, 3.05) is 17.7 Å². The van der Waals surface area contributed by atoms with Crippen molar-refractivity contribution in [2.24, 2.45) is 0 Å². The van der Waals surface area contributed by atoms with Crippen molar-refractivity contribution < 1.29 is 4.74 Å². The number of anilines is 2. The summed E-state index contributed by atoms with van der Waals surface area (Å²) in [7, 11) is 1.62. The summed E-state index contributed by atoms with van der Waals surface area (Å²) in [6.45, 7) is 0. The summed E-state index contributed by atoms with van der Waals surface area (Å²) in [5, 5.41) is 7.10. The fraction of sp³-hybridized carbons (Fsp3) is 0.0435. The highest BCUT2D eigenvalue weighted by Crippen LogP contribution is 2.24. The van der Waals surface area contributed by atoms with Gasteiger partial charge >= 0.3 is 0 Å². The van der Waals surface area contributed by atoms with E-state index in [1.165, 1.54) is 0 Å². The Bertz CT molecular complexity index is 1310. The van der Waals surface area contributed by atoms with E-state index >= 15 is 0 Å². The summed E-state index contributed by atoms with van der Waals surface area (Å²) in [6.07, 6.45) is 0. The Labute approximate surface area is 200 Å². The van der Waals surface area contributed by atoms with Crippen molar-refractivity contribution in [2.45, 2.75) is 0 Å². The molecule has 1 heterocycles. The molecule has 160 valence electrons. The van der Waals surface area contributed by atoms with E-state index < -0.39 is 0 Å². The minimum Gasteiger partial charge on any atom is -0.497 e. The normalized spacial score (nSPS) is 10.4. The minimum atomic E-state index is 0.312. The molecule has 1 aromatic heterocycles. The Kier molecular flexibility index (Phi) is 6.75. The number of para-hydroxylation sites is 1. The van der Waals surface area contributed by atoms with Gasteiger partial charge in [0.1, 0.15) is 5.75 Å². The Morgan fingerprint density at radius 1 is 0.906 bits per heavy atom. The zero-order valence-electron chi connectivity index (χ0n) is 16.9. The van der Waals surface area contributed by atoms with Gasteiger partial charge in [-0.15, -0.1) is 0 Å². The highest BCUT2D eigenvalue weighted by atomic mass is 35.5. The summed E-state index contributed by atoms with van der Waals surface area (Å²) in [6, 6.07) is 24.4. The third-order valence-electron chi connectivity index (χ3n) is 4.53. The second kappa shape index (κ2) is 9.86. The van der Waals surface area contributed by atoms with E-state index in [0.717, 1.165) is 17.0 Å². The van der Waals surface area contributed by atoms with Crippen molar-refractivity contribution >= 4 is 52.8 Å². The summed E-state index contributed by atoms with van der Waals surface area (Å²) in [5.74, 6) is 1.63. The molecular weight excluding hydrogens is 462 g/mol. The van der Waals surface area contributed by atoms with Crippen molar-refractivity contribution in [3.8, 4) is 22.8 Å². The van der Waals surface area contributed by atoms with Crippen LogP contribution < -0.4 is 15.4 Å². The van der Waals surface area contributed by atoms with Crippen LogP contribution in [-0.4, -0.2) is 26.8 Å². The number of aromatic nitrogens is 3. The molecule has 0 atom stereocenters. The Balaban J connectivity index is 1.76. The first-order chi connectivity index (χ1) is 15.5. The Hall–Kier alpha value is -3.33. The van der Waals surface area contributed by atoms with Gasteiger partial charge in [-0.1, -0.05) is 54.1 Å². The van der Waals surface area contributed by atoms with E-state index in [0.29, 0.717) is 32.4 Å².